The Morgan fingerprint density at radius 1 is 1.00 bits per heavy atom. The number of aliphatic hydroxyl groups is 1. The minimum atomic E-state index is -1.09. The molecule has 2 unspecified atom stereocenters. The van der Waals surface area contributed by atoms with Crippen molar-refractivity contribution in [1.82, 2.24) is 29.2 Å². The molecule has 2 fully saturated rings. The molecule has 7 rings (SSSR count). The molecule has 206 valence electrons. The number of anilines is 3. The molecular formula is C30H34N8O2. The molecule has 0 amide bonds. The van der Waals surface area contributed by atoms with E-state index in [1.54, 1.807) is 22.5 Å². The van der Waals surface area contributed by atoms with E-state index in [2.05, 4.69) is 51.4 Å². The van der Waals surface area contributed by atoms with Crippen molar-refractivity contribution < 1.29 is 5.11 Å². The van der Waals surface area contributed by atoms with Crippen LogP contribution in [-0.4, -0.2) is 67.5 Å². The third-order valence-electron chi connectivity index (χ3n) is 8.58. The van der Waals surface area contributed by atoms with Crippen LogP contribution in [0.25, 0.3) is 16.9 Å². The van der Waals surface area contributed by atoms with Gasteiger partial charge >= 0.3 is 0 Å². The Hall–Kier alpha value is -4.02. The summed E-state index contributed by atoms with van der Waals surface area (Å²) in [6.07, 6.45) is 6.73. The van der Waals surface area contributed by atoms with Gasteiger partial charge < -0.3 is 20.2 Å². The Labute approximate surface area is 232 Å². The lowest BCUT2D eigenvalue weighted by atomic mass is 9.95. The van der Waals surface area contributed by atoms with Crippen LogP contribution in [0, 0.1) is 11.8 Å². The average Bonchev–Trinajstić information content (AvgIpc) is 3.57. The number of rotatable bonds is 3. The Kier molecular flexibility index (Phi) is 5.97. The minimum absolute atomic E-state index is 0.185. The normalized spacial score (nSPS) is 25.4. The van der Waals surface area contributed by atoms with Gasteiger partial charge in [-0.2, -0.15) is 4.98 Å². The van der Waals surface area contributed by atoms with Crippen LogP contribution < -0.4 is 15.8 Å². The Morgan fingerprint density at radius 2 is 1.77 bits per heavy atom. The maximum absolute atomic E-state index is 13.4. The zero-order valence-corrected chi connectivity index (χ0v) is 22.9. The van der Waals surface area contributed by atoms with Crippen molar-refractivity contribution in [2.45, 2.75) is 31.9 Å². The van der Waals surface area contributed by atoms with Gasteiger partial charge in [0.15, 0.2) is 11.5 Å². The van der Waals surface area contributed by atoms with Crippen LogP contribution in [0.4, 0.5) is 17.3 Å². The van der Waals surface area contributed by atoms with E-state index in [-0.39, 0.29) is 5.56 Å². The largest absolute Gasteiger partial charge is 0.384 e. The molecule has 0 aliphatic carbocycles. The molecule has 10 nitrogen and oxygen atoms in total. The minimum Gasteiger partial charge on any atom is -0.384 e. The molecular weight excluding hydrogens is 504 g/mol. The molecule has 6 heterocycles. The number of aromatic nitrogens is 5. The number of likely N-dealkylation sites (tertiary alicyclic amines) is 1. The quantitative estimate of drug-likeness (QED) is 0.383. The maximum Gasteiger partial charge on any atom is 0.278 e. The van der Waals surface area contributed by atoms with Gasteiger partial charge in [-0.1, -0.05) is 18.2 Å². The smallest absolute Gasteiger partial charge is 0.278 e. The van der Waals surface area contributed by atoms with Crippen molar-refractivity contribution in [3.8, 4) is 5.82 Å². The molecule has 0 spiro atoms. The lowest BCUT2D eigenvalue weighted by Crippen LogP contribution is -2.26. The first-order valence-corrected chi connectivity index (χ1v) is 14.0. The van der Waals surface area contributed by atoms with Crippen molar-refractivity contribution in [1.29, 1.82) is 0 Å². The van der Waals surface area contributed by atoms with Crippen LogP contribution in [0.3, 0.4) is 0 Å². The van der Waals surface area contributed by atoms with E-state index in [0.717, 1.165) is 30.6 Å². The van der Waals surface area contributed by atoms with Crippen LogP contribution in [-0.2, 0) is 12.1 Å². The van der Waals surface area contributed by atoms with Crippen molar-refractivity contribution >= 4 is 28.4 Å². The predicted octanol–water partition coefficient (Wildman–Crippen LogP) is 3.28. The van der Waals surface area contributed by atoms with Gasteiger partial charge in [0.2, 0.25) is 5.95 Å². The molecule has 3 aromatic heterocycles. The van der Waals surface area contributed by atoms with Gasteiger partial charge in [0.25, 0.3) is 5.56 Å². The fraction of sp³-hybridized carbons (Fsp3) is 0.400. The molecule has 2 N–H and O–H groups in total. The summed E-state index contributed by atoms with van der Waals surface area (Å²) >= 11 is 0. The number of hydrogen-bond donors (Lipinski definition) is 2. The van der Waals surface area contributed by atoms with Crippen LogP contribution in [0.2, 0.25) is 0 Å². The van der Waals surface area contributed by atoms with Gasteiger partial charge in [-0.15, -0.1) is 0 Å². The summed E-state index contributed by atoms with van der Waals surface area (Å²) in [6.45, 7) is 6.72. The van der Waals surface area contributed by atoms with E-state index in [1.165, 1.54) is 18.8 Å². The fourth-order valence-corrected chi connectivity index (χ4v) is 6.44. The van der Waals surface area contributed by atoms with Crippen molar-refractivity contribution in [2.24, 2.45) is 11.8 Å². The molecule has 2 bridgehead atoms. The molecule has 40 heavy (non-hydrogen) atoms. The predicted molar refractivity (Wildman–Crippen MR) is 155 cm³/mol. The molecule has 1 aromatic carbocycles. The maximum atomic E-state index is 13.4. The first-order chi connectivity index (χ1) is 19.4. The van der Waals surface area contributed by atoms with Gasteiger partial charge in [0, 0.05) is 43.8 Å². The third kappa shape index (κ3) is 4.37. The number of allylic oxidation sites excluding steroid dienone is 2. The SMILES string of the molecule is CN1CC2CN(c3ccc(Nc4ncc5c(=O)n6n(c5n4)-c4cccc(n4)[C@@](C)(O)CC/C=C\C6)cc3)CC2C1. The molecule has 2 saturated heterocycles. The second kappa shape index (κ2) is 9.57. The Morgan fingerprint density at radius 3 is 2.55 bits per heavy atom. The van der Waals surface area contributed by atoms with Gasteiger partial charge in [-0.3, -0.25) is 4.79 Å². The molecule has 0 radical (unpaired) electrons. The molecule has 3 aliphatic rings. The van der Waals surface area contributed by atoms with Crippen molar-refractivity contribution in [3.63, 3.8) is 0 Å². The summed E-state index contributed by atoms with van der Waals surface area (Å²) in [5.74, 6) is 2.43. The zero-order chi connectivity index (χ0) is 27.4. The van der Waals surface area contributed by atoms with Crippen molar-refractivity contribution in [3.05, 3.63) is 76.9 Å². The second-order valence-corrected chi connectivity index (χ2v) is 11.6. The van der Waals surface area contributed by atoms with Crippen LogP contribution >= 0.6 is 0 Å². The summed E-state index contributed by atoms with van der Waals surface area (Å²) in [5, 5.41) is 14.8. The second-order valence-electron chi connectivity index (χ2n) is 11.6. The van der Waals surface area contributed by atoms with Gasteiger partial charge in [0.05, 0.1) is 12.2 Å². The number of nitrogens with zero attached hydrogens (tertiary/aromatic N) is 7. The summed E-state index contributed by atoms with van der Waals surface area (Å²) in [6, 6.07) is 13.9. The summed E-state index contributed by atoms with van der Waals surface area (Å²) in [4.78, 5) is 32.3. The lowest BCUT2D eigenvalue weighted by molar-refractivity contribution is 0.0443. The molecule has 4 aromatic rings. The molecule has 0 saturated carbocycles. The number of nitrogens with one attached hydrogen (secondary N) is 1. The van der Waals surface area contributed by atoms with Gasteiger partial charge in [-0.05, 0) is 75.0 Å². The fourth-order valence-electron chi connectivity index (χ4n) is 6.44. The molecule has 10 heteroatoms. The van der Waals surface area contributed by atoms with E-state index >= 15 is 0 Å². The summed E-state index contributed by atoms with van der Waals surface area (Å²) in [7, 11) is 2.21. The highest BCUT2D eigenvalue weighted by atomic mass is 16.3. The van der Waals surface area contributed by atoms with Crippen LogP contribution in [0.1, 0.15) is 25.5 Å². The summed E-state index contributed by atoms with van der Waals surface area (Å²) in [5.41, 5.74) is 1.86. The lowest BCUT2D eigenvalue weighted by Gasteiger charge is -2.22. The van der Waals surface area contributed by atoms with Crippen LogP contribution in [0.15, 0.2) is 65.6 Å². The third-order valence-corrected chi connectivity index (χ3v) is 8.58. The number of fused-ring (bicyclic) bond motifs is 7. The van der Waals surface area contributed by atoms with E-state index in [1.807, 2.05) is 30.4 Å². The van der Waals surface area contributed by atoms with E-state index in [9.17, 15) is 9.90 Å². The van der Waals surface area contributed by atoms with E-state index in [0.29, 0.717) is 47.9 Å². The Bertz CT molecular complexity index is 1640. The van der Waals surface area contributed by atoms with Crippen LogP contribution in [0.5, 0.6) is 0 Å². The highest BCUT2D eigenvalue weighted by Gasteiger charge is 2.38. The van der Waals surface area contributed by atoms with E-state index < -0.39 is 5.60 Å². The number of hydrogen-bond acceptors (Lipinski definition) is 8. The summed E-state index contributed by atoms with van der Waals surface area (Å²) < 4.78 is 3.34. The standard InChI is InChI=1S/C30H34N8O2/c1-30(40)13-4-3-5-14-37-28(39)24-15-31-29(34-27(24)38(37)26-8-6-7-25(30)33-26)32-22-9-11-23(12-10-22)36-18-20-16-35(2)17-21(20)19-36/h3,5-12,15,20-21,40H,4,13-14,16-19H2,1-2H3,(H,31,32,34)/b5-3-/t20?,21?,30-/m0/s1. The monoisotopic (exact) mass is 538 g/mol. The molecule has 3 atom stereocenters. The van der Waals surface area contributed by atoms with E-state index in [4.69, 9.17) is 9.97 Å². The van der Waals surface area contributed by atoms with Gasteiger partial charge in [0.1, 0.15) is 11.0 Å². The molecule has 3 aliphatic heterocycles. The van der Waals surface area contributed by atoms with Crippen molar-refractivity contribution in [2.75, 3.05) is 43.4 Å². The number of pyridine rings is 1. The number of benzene rings is 1. The highest BCUT2D eigenvalue weighted by Crippen LogP contribution is 2.34. The van der Waals surface area contributed by atoms with Gasteiger partial charge in [-0.25, -0.2) is 19.3 Å². The average molecular weight is 539 g/mol. The highest BCUT2D eigenvalue weighted by molar-refractivity contribution is 5.77. The Balaban J connectivity index is 1.20. The topological polar surface area (TPSA) is 104 Å². The first-order valence-electron chi connectivity index (χ1n) is 14.0. The zero-order valence-electron chi connectivity index (χ0n) is 22.9. The first kappa shape index (κ1) is 25.0.